The fourth-order valence-corrected chi connectivity index (χ4v) is 6.24. The first-order valence-corrected chi connectivity index (χ1v) is 12.2. The summed E-state index contributed by atoms with van der Waals surface area (Å²) in [6.45, 7) is 6.06. The van der Waals surface area contributed by atoms with Crippen LogP contribution in [-0.2, 0) is 4.74 Å². The molecule has 0 aromatic heterocycles. The first-order chi connectivity index (χ1) is 13.5. The molecule has 1 heterocycles. The summed E-state index contributed by atoms with van der Waals surface area (Å²) in [6.07, 6.45) is 16.7. The van der Waals surface area contributed by atoms with E-state index in [0.717, 1.165) is 50.9 Å². The van der Waals surface area contributed by atoms with E-state index in [1.807, 2.05) is 6.08 Å². The maximum atomic E-state index is 14.4. The predicted octanol–water partition coefficient (Wildman–Crippen LogP) is 8.14. The van der Waals surface area contributed by atoms with Crippen molar-refractivity contribution in [1.29, 1.82) is 0 Å². The topological polar surface area (TPSA) is 9.23 Å². The van der Waals surface area contributed by atoms with Gasteiger partial charge in [-0.3, -0.25) is 0 Å². The molecule has 0 radical (unpaired) electrons. The van der Waals surface area contributed by atoms with Crippen LogP contribution in [0.5, 0.6) is 0 Å². The second kappa shape index (κ2) is 10.5. The van der Waals surface area contributed by atoms with Crippen molar-refractivity contribution in [2.75, 3.05) is 0 Å². The van der Waals surface area contributed by atoms with Gasteiger partial charge < -0.3 is 4.74 Å². The average molecular weight is 397 g/mol. The number of allylic oxidation sites excluding steroid dienone is 1. The monoisotopic (exact) mass is 396 g/mol. The van der Waals surface area contributed by atoms with E-state index in [9.17, 15) is 8.78 Å². The normalized spacial score (nSPS) is 38.0. The number of ether oxygens (including phenoxy) is 1. The highest BCUT2D eigenvalue weighted by Gasteiger charge is 2.62. The van der Waals surface area contributed by atoms with Crippen molar-refractivity contribution >= 4 is 0 Å². The van der Waals surface area contributed by atoms with E-state index in [-0.39, 0.29) is 12.0 Å². The second-order valence-corrected chi connectivity index (χ2v) is 9.95. The zero-order valence-corrected chi connectivity index (χ0v) is 18.0. The summed E-state index contributed by atoms with van der Waals surface area (Å²) in [5.41, 5.74) is 0. The van der Waals surface area contributed by atoms with Gasteiger partial charge in [-0.1, -0.05) is 70.8 Å². The highest BCUT2D eigenvalue weighted by atomic mass is 19.3. The molecular weight excluding hydrogens is 354 g/mol. The minimum Gasteiger partial charge on any atom is -0.316 e. The molecule has 1 nitrogen and oxygen atoms in total. The first kappa shape index (κ1) is 22.2. The third-order valence-electron chi connectivity index (χ3n) is 8.04. The molecule has 0 amide bonds. The van der Waals surface area contributed by atoms with Crippen molar-refractivity contribution in [3.05, 3.63) is 12.7 Å². The maximum Gasteiger partial charge on any atom is 0.361 e. The third-order valence-corrected chi connectivity index (χ3v) is 8.04. The second-order valence-electron chi connectivity index (χ2n) is 9.95. The van der Waals surface area contributed by atoms with Crippen molar-refractivity contribution in [3.63, 3.8) is 0 Å². The molecule has 162 valence electrons. The van der Waals surface area contributed by atoms with Crippen LogP contribution < -0.4 is 0 Å². The van der Waals surface area contributed by atoms with Crippen LogP contribution in [0.25, 0.3) is 0 Å². The van der Waals surface area contributed by atoms with E-state index in [0.29, 0.717) is 11.8 Å². The Kier molecular flexibility index (Phi) is 8.38. The van der Waals surface area contributed by atoms with Gasteiger partial charge in [-0.15, -0.1) is 6.58 Å². The number of unbranched alkanes of at least 4 members (excludes halogenated alkanes) is 3. The van der Waals surface area contributed by atoms with Crippen molar-refractivity contribution in [2.45, 2.75) is 115 Å². The quantitative estimate of drug-likeness (QED) is 0.267. The molecule has 2 saturated carbocycles. The Morgan fingerprint density at radius 1 is 0.857 bits per heavy atom. The van der Waals surface area contributed by atoms with E-state index in [1.165, 1.54) is 51.4 Å². The molecule has 3 aliphatic rings. The van der Waals surface area contributed by atoms with Crippen LogP contribution in [0.2, 0.25) is 0 Å². The zero-order valence-electron chi connectivity index (χ0n) is 18.0. The van der Waals surface area contributed by atoms with Gasteiger partial charge in [0.25, 0.3) is 0 Å². The molecule has 2 aliphatic carbocycles. The lowest BCUT2D eigenvalue weighted by atomic mass is 9.65. The van der Waals surface area contributed by atoms with Gasteiger partial charge >= 0.3 is 6.11 Å². The Hall–Kier alpha value is -0.440. The molecule has 0 bridgehead atoms. The number of halogens is 2. The lowest BCUT2D eigenvalue weighted by Gasteiger charge is -2.53. The SMILES string of the molecule is C=CCCC1CCC([C@H]2[C@H](C3CCC(CCCCCC)CC3)OC2(F)F)CC1. The third kappa shape index (κ3) is 5.58. The minimum absolute atomic E-state index is 0.167. The summed E-state index contributed by atoms with van der Waals surface area (Å²) in [7, 11) is 0. The largest absolute Gasteiger partial charge is 0.361 e. The molecule has 1 aliphatic heterocycles. The van der Waals surface area contributed by atoms with Crippen LogP contribution in [0.15, 0.2) is 12.7 Å². The van der Waals surface area contributed by atoms with Crippen LogP contribution in [0.4, 0.5) is 8.78 Å². The molecular formula is C25H42F2O. The van der Waals surface area contributed by atoms with Crippen molar-refractivity contribution in [2.24, 2.45) is 29.6 Å². The number of hydrogen-bond acceptors (Lipinski definition) is 1. The van der Waals surface area contributed by atoms with Gasteiger partial charge in [-0.05, 0) is 62.2 Å². The van der Waals surface area contributed by atoms with Gasteiger partial charge in [0.1, 0.15) is 0 Å². The summed E-state index contributed by atoms with van der Waals surface area (Å²) < 4.78 is 34.0. The summed E-state index contributed by atoms with van der Waals surface area (Å²) in [5.74, 6) is 1.56. The van der Waals surface area contributed by atoms with Crippen LogP contribution >= 0.6 is 0 Å². The highest BCUT2D eigenvalue weighted by molar-refractivity contribution is 4.98. The number of hydrogen-bond donors (Lipinski definition) is 0. The molecule has 2 atom stereocenters. The zero-order chi connectivity index (χ0) is 20.0. The van der Waals surface area contributed by atoms with E-state index in [4.69, 9.17) is 4.74 Å². The standard InChI is InChI=1S/C25H42F2O/c1-3-5-7-8-10-20-13-17-22(18-14-20)24-23(25(26,27)28-24)21-15-11-19(12-16-21)9-6-4-2/h4,19-24H,2-3,5-18H2,1H3/t19?,20?,21?,22?,23-,24-/m0/s1. The fourth-order valence-electron chi connectivity index (χ4n) is 6.24. The molecule has 28 heavy (non-hydrogen) atoms. The van der Waals surface area contributed by atoms with Crippen molar-refractivity contribution < 1.29 is 13.5 Å². The van der Waals surface area contributed by atoms with Gasteiger partial charge in [-0.25, -0.2) is 0 Å². The van der Waals surface area contributed by atoms with Crippen molar-refractivity contribution in [1.82, 2.24) is 0 Å². The van der Waals surface area contributed by atoms with E-state index < -0.39 is 12.0 Å². The van der Waals surface area contributed by atoms with Crippen molar-refractivity contribution in [3.8, 4) is 0 Å². The molecule has 3 fully saturated rings. The maximum absolute atomic E-state index is 14.4. The van der Waals surface area contributed by atoms with Crippen LogP contribution in [0, 0.1) is 29.6 Å². The number of rotatable bonds is 10. The Morgan fingerprint density at radius 2 is 1.46 bits per heavy atom. The minimum atomic E-state index is -2.87. The molecule has 3 heteroatoms. The van der Waals surface area contributed by atoms with Gasteiger partial charge in [0.2, 0.25) is 0 Å². The van der Waals surface area contributed by atoms with Gasteiger partial charge in [0, 0.05) is 0 Å². The summed E-state index contributed by atoms with van der Waals surface area (Å²) in [4.78, 5) is 0. The first-order valence-electron chi connectivity index (χ1n) is 12.2. The Morgan fingerprint density at radius 3 is 2.04 bits per heavy atom. The molecule has 1 saturated heterocycles. The van der Waals surface area contributed by atoms with Gasteiger partial charge in [0.05, 0.1) is 12.0 Å². The molecule has 0 spiro atoms. The molecule has 0 unspecified atom stereocenters. The van der Waals surface area contributed by atoms with E-state index in [1.54, 1.807) is 0 Å². The molecule has 0 N–H and O–H groups in total. The van der Waals surface area contributed by atoms with Crippen LogP contribution in [0.3, 0.4) is 0 Å². The smallest absolute Gasteiger partial charge is 0.316 e. The fraction of sp³-hybridized carbons (Fsp3) is 0.920. The Balaban J connectivity index is 1.44. The van der Waals surface area contributed by atoms with Gasteiger partial charge in [-0.2, -0.15) is 8.78 Å². The molecule has 0 aromatic rings. The molecule has 3 rings (SSSR count). The average Bonchev–Trinajstić information content (AvgIpc) is 2.70. The number of alkyl halides is 2. The summed E-state index contributed by atoms with van der Waals surface area (Å²) >= 11 is 0. The van der Waals surface area contributed by atoms with E-state index >= 15 is 0 Å². The lowest BCUT2D eigenvalue weighted by molar-refractivity contribution is -0.418. The highest BCUT2D eigenvalue weighted by Crippen LogP contribution is 2.55. The summed E-state index contributed by atoms with van der Waals surface area (Å²) in [6, 6.07) is 0. The van der Waals surface area contributed by atoms with Crippen LogP contribution in [0.1, 0.15) is 103 Å². The Labute approximate surface area is 171 Å². The Bertz CT molecular complexity index is 461. The molecule has 0 aromatic carbocycles. The van der Waals surface area contributed by atoms with Crippen LogP contribution in [-0.4, -0.2) is 12.2 Å². The van der Waals surface area contributed by atoms with Gasteiger partial charge in [0.15, 0.2) is 0 Å². The lowest BCUT2D eigenvalue weighted by Crippen LogP contribution is -2.61. The summed E-state index contributed by atoms with van der Waals surface area (Å²) in [5, 5.41) is 0. The van der Waals surface area contributed by atoms with E-state index in [2.05, 4.69) is 13.5 Å². The predicted molar refractivity (Wildman–Crippen MR) is 112 cm³/mol.